The highest BCUT2D eigenvalue weighted by molar-refractivity contribution is 6.17. The summed E-state index contributed by atoms with van der Waals surface area (Å²) in [6.45, 7) is 0. The highest BCUT2D eigenvalue weighted by atomic mass is 16.5. The Hall–Kier alpha value is -2.75. The van der Waals surface area contributed by atoms with E-state index in [1.807, 2.05) is 24.3 Å². The van der Waals surface area contributed by atoms with Crippen LogP contribution in [-0.4, -0.2) is 20.0 Å². The number of hydrogen-bond donors (Lipinski definition) is 0. The lowest BCUT2D eigenvalue weighted by Gasteiger charge is -2.09. The summed E-state index contributed by atoms with van der Waals surface area (Å²) in [7, 11) is 3.10. The van der Waals surface area contributed by atoms with Gasteiger partial charge in [0.2, 0.25) is 5.78 Å². The van der Waals surface area contributed by atoms with Gasteiger partial charge in [0, 0.05) is 11.5 Å². The van der Waals surface area contributed by atoms with Crippen molar-refractivity contribution in [2.24, 2.45) is 0 Å². The van der Waals surface area contributed by atoms with E-state index in [2.05, 4.69) is 0 Å². The minimum Gasteiger partial charge on any atom is -0.497 e. The lowest BCUT2D eigenvalue weighted by atomic mass is 10.0. The van der Waals surface area contributed by atoms with Crippen LogP contribution in [-0.2, 0) is 0 Å². The van der Waals surface area contributed by atoms with Gasteiger partial charge in [-0.15, -0.1) is 0 Å². The highest BCUT2D eigenvalue weighted by Gasteiger charge is 2.19. The average Bonchev–Trinajstić information content (AvgIpc) is 2.97. The highest BCUT2D eigenvalue weighted by Crippen LogP contribution is 2.29. The Balaban J connectivity index is 2.10. The monoisotopic (exact) mass is 282 g/mol. The molecule has 0 spiro atoms. The van der Waals surface area contributed by atoms with Crippen LogP contribution in [0.1, 0.15) is 15.9 Å². The maximum atomic E-state index is 12.7. The molecule has 0 saturated carbocycles. The van der Waals surface area contributed by atoms with Crippen molar-refractivity contribution in [2.45, 2.75) is 0 Å². The first-order chi connectivity index (χ1) is 10.2. The van der Waals surface area contributed by atoms with Gasteiger partial charge in [-0.05, 0) is 18.2 Å². The number of rotatable bonds is 4. The van der Waals surface area contributed by atoms with Crippen molar-refractivity contribution in [3.05, 3.63) is 59.9 Å². The Morgan fingerprint density at radius 1 is 1.00 bits per heavy atom. The van der Waals surface area contributed by atoms with E-state index in [1.165, 1.54) is 13.4 Å². The second-order valence-corrected chi connectivity index (χ2v) is 4.54. The van der Waals surface area contributed by atoms with E-state index in [0.29, 0.717) is 28.2 Å². The van der Waals surface area contributed by atoms with Crippen LogP contribution in [0.3, 0.4) is 0 Å². The minimum atomic E-state index is -0.139. The molecule has 0 unspecified atom stereocenters. The number of benzene rings is 2. The van der Waals surface area contributed by atoms with Crippen molar-refractivity contribution in [1.29, 1.82) is 0 Å². The number of fused-ring (bicyclic) bond motifs is 1. The van der Waals surface area contributed by atoms with Crippen molar-refractivity contribution in [3.63, 3.8) is 0 Å². The second-order valence-electron chi connectivity index (χ2n) is 4.54. The molecule has 0 aliphatic heterocycles. The molecular formula is C17H14O4. The Bertz CT molecular complexity index is 801. The first-order valence-electron chi connectivity index (χ1n) is 6.47. The van der Waals surface area contributed by atoms with E-state index in [0.717, 1.165) is 5.39 Å². The average molecular weight is 282 g/mol. The molecule has 0 bridgehead atoms. The molecule has 0 N–H and O–H groups in total. The number of furan rings is 1. The van der Waals surface area contributed by atoms with Crippen molar-refractivity contribution in [1.82, 2.24) is 0 Å². The summed E-state index contributed by atoms with van der Waals surface area (Å²) in [4.78, 5) is 12.7. The van der Waals surface area contributed by atoms with E-state index in [-0.39, 0.29) is 5.78 Å². The molecule has 0 aliphatic carbocycles. The van der Waals surface area contributed by atoms with Gasteiger partial charge in [0.1, 0.15) is 23.3 Å². The Morgan fingerprint density at radius 2 is 1.81 bits per heavy atom. The van der Waals surface area contributed by atoms with Crippen LogP contribution in [0.4, 0.5) is 0 Å². The summed E-state index contributed by atoms with van der Waals surface area (Å²) < 4.78 is 15.9. The zero-order chi connectivity index (χ0) is 14.8. The molecule has 1 aromatic heterocycles. The van der Waals surface area contributed by atoms with Gasteiger partial charge in [0.15, 0.2) is 0 Å². The number of ketones is 1. The fourth-order valence-electron chi connectivity index (χ4n) is 2.28. The zero-order valence-corrected chi connectivity index (χ0v) is 11.8. The third-order valence-electron chi connectivity index (χ3n) is 3.38. The molecule has 0 atom stereocenters. The van der Waals surface area contributed by atoms with Gasteiger partial charge in [-0.25, -0.2) is 0 Å². The van der Waals surface area contributed by atoms with Gasteiger partial charge in [-0.1, -0.05) is 18.2 Å². The summed E-state index contributed by atoms with van der Waals surface area (Å²) in [5.41, 5.74) is 1.69. The van der Waals surface area contributed by atoms with Gasteiger partial charge in [0.05, 0.1) is 25.3 Å². The smallest absolute Gasteiger partial charge is 0.200 e. The Labute approximate surface area is 121 Å². The summed E-state index contributed by atoms with van der Waals surface area (Å²) in [6, 6.07) is 12.6. The SMILES string of the molecule is COc1ccc(C(=O)c2coc3ccccc23)c(OC)c1. The first kappa shape index (κ1) is 13.2. The third-order valence-corrected chi connectivity index (χ3v) is 3.38. The van der Waals surface area contributed by atoms with Crippen molar-refractivity contribution < 1.29 is 18.7 Å². The van der Waals surface area contributed by atoms with Crippen LogP contribution in [0.25, 0.3) is 11.0 Å². The van der Waals surface area contributed by atoms with Crippen LogP contribution < -0.4 is 9.47 Å². The topological polar surface area (TPSA) is 48.7 Å². The molecule has 3 aromatic rings. The molecule has 4 nitrogen and oxygen atoms in total. The summed E-state index contributed by atoms with van der Waals surface area (Å²) >= 11 is 0. The van der Waals surface area contributed by atoms with Crippen molar-refractivity contribution >= 4 is 16.8 Å². The maximum absolute atomic E-state index is 12.7. The molecule has 0 radical (unpaired) electrons. The number of carbonyl (C=O) groups is 1. The molecule has 2 aromatic carbocycles. The summed E-state index contributed by atoms with van der Waals surface area (Å²) in [6.07, 6.45) is 1.48. The first-order valence-corrected chi connectivity index (χ1v) is 6.47. The summed E-state index contributed by atoms with van der Waals surface area (Å²) in [5, 5.41) is 0.792. The fraction of sp³-hybridized carbons (Fsp3) is 0.118. The molecule has 21 heavy (non-hydrogen) atoms. The van der Waals surface area contributed by atoms with E-state index >= 15 is 0 Å². The van der Waals surface area contributed by atoms with Gasteiger partial charge >= 0.3 is 0 Å². The minimum absolute atomic E-state index is 0.139. The van der Waals surface area contributed by atoms with Crippen LogP contribution in [0.15, 0.2) is 53.1 Å². The molecule has 0 saturated heterocycles. The number of methoxy groups -OCH3 is 2. The Morgan fingerprint density at radius 3 is 2.57 bits per heavy atom. The predicted molar refractivity (Wildman–Crippen MR) is 79.2 cm³/mol. The molecule has 106 valence electrons. The number of carbonyl (C=O) groups excluding carboxylic acids is 1. The predicted octanol–water partition coefficient (Wildman–Crippen LogP) is 3.68. The lowest BCUT2D eigenvalue weighted by Crippen LogP contribution is -2.03. The van der Waals surface area contributed by atoms with Crippen LogP contribution >= 0.6 is 0 Å². The lowest BCUT2D eigenvalue weighted by molar-refractivity contribution is 0.103. The van der Waals surface area contributed by atoms with E-state index in [9.17, 15) is 4.79 Å². The molecule has 1 heterocycles. The number of hydrogen-bond acceptors (Lipinski definition) is 4. The quantitative estimate of drug-likeness (QED) is 0.685. The van der Waals surface area contributed by atoms with Gasteiger partial charge < -0.3 is 13.9 Å². The third kappa shape index (κ3) is 2.25. The second kappa shape index (κ2) is 5.32. The largest absolute Gasteiger partial charge is 0.497 e. The standard InChI is InChI=1S/C17H14O4/c1-19-11-7-8-13(16(9-11)20-2)17(18)14-10-21-15-6-4-3-5-12(14)15/h3-10H,1-2H3. The van der Waals surface area contributed by atoms with E-state index < -0.39 is 0 Å². The summed E-state index contributed by atoms with van der Waals surface area (Å²) in [5.74, 6) is 0.976. The maximum Gasteiger partial charge on any atom is 0.200 e. The van der Waals surface area contributed by atoms with Crippen molar-refractivity contribution in [3.8, 4) is 11.5 Å². The zero-order valence-electron chi connectivity index (χ0n) is 11.8. The fourth-order valence-corrected chi connectivity index (χ4v) is 2.28. The van der Waals surface area contributed by atoms with Crippen LogP contribution in [0.2, 0.25) is 0 Å². The number of ether oxygens (including phenoxy) is 2. The van der Waals surface area contributed by atoms with Crippen molar-refractivity contribution in [2.75, 3.05) is 14.2 Å². The van der Waals surface area contributed by atoms with Gasteiger partial charge in [-0.3, -0.25) is 4.79 Å². The Kier molecular flexibility index (Phi) is 3.36. The molecule has 0 amide bonds. The molecule has 4 heteroatoms. The normalized spacial score (nSPS) is 10.6. The number of para-hydroxylation sites is 1. The van der Waals surface area contributed by atoms with Crippen LogP contribution in [0.5, 0.6) is 11.5 Å². The van der Waals surface area contributed by atoms with Crippen LogP contribution in [0, 0.1) is 0 Å². The van der Waals surface area contributed by atoms with E-state index in [1.54, 1.807) is 25.3 Å². The molecule has 0 aliphatic rings. The molecular weight excluding hydrogens is 268 g/mol. The molecule has 3 rings (SSSR count). The van der Waals surface area contributed by atoms with E-state index in [4.69, 9.17) is 13.9 Å². The van der Waals surface area contributed by atoms with Gasteiger partial charge in [-0.2, -0.15) is 0 Å². The molecule has 0 fully saturated rings. The van der Waals surface area contributed by atoms with Gasteiger partial charge in [0.25, 0.3) is 0 Å².